The number of benzene rings is 1. The van der Waals surface area contributed by atoms with E-state index in [-0.39, 0.29) is 10.9 Å². The first-order valence-electron chi connectivity index (χ1n) is 7.98. The van der Waals surface area contributed by atoms with Gasteiger partial charge in [0.05, 0.1) is 4.90 Å². The number of anilines is 1. The molecule has 5 nitrogen and oxygen atoms in total. The van der Waals surface area contributed by atoms with Crippen molar-refractivity contribution in [3.05, 3.63) is 54.2 Å². The topological polar surface area (TPSA) is 53.5 Å². The zero-order valence-electron chi connectivity index (χ0n) is 13.8. The van der Waals surface area contributed by atoms with Crippen molar-refractivity contribution in [2.75, 3.05) is 25.0 Å². The highest BCUT2D eigenvalue weighted by molar-refractivity contribution is 7.89. The number of aromatic nitrogens is 1. The van der Waals surface area contributed by atoms with Crippen LogP contribution in [0.1, 0.15) is 12.8 Å². The third kappa shape index (κ3) is 3.80. The Morgan fingerprint density at radius 1 is 1.12 bits per heavy atom. The summed E-state index contributed by atoms with van der Waals surface area (Å²) in [4.78, 5) is 5.99. The second-order valence-electron chi connectivity index (χ2n) is 6.04. The standard InChI is InChI=1S/C17H19F2N3O2S/c1-21(17-4-2-3-7-20-17)15-5-8-22(9-6-15)25(23,24)16-11-13(18)10-14(19)12-16/h2-4,7,10-12,15H,5-6,8-9H2,1H3. The van der Waals surface area contributed by atoms with E-state index in [0.717, 1.165) is 18.0 Å². The van der Waals surface area contributed by atoms with Gasteiger partial charge in [0.25, 0.3) is 0 Å². The third-order valence-electron chi connectivity index (χ3n) is 4.46. The first kappa shape index (κ1) is 17.8. The predicted octanol–water partition coefficient (Wildman–Crippen LogP) is 2.65. The lowest BCUT2D eigenvalue weighted by Crippen LogP contribution is -2.45. The van der Waals surface area contributed by atoms with Crippen molar-refractivity contribution in [3.63, 3.8) is 0 Å². The molecule has 1 fully saturated rings. The molecule has 3 rings (SSSR count). The van der Waals surface area contributed by atoms with E-state index in [1.165, 1.54) is 4.31 Å². The molecule has 1 aromatic heterocycles. The zero-order chi connectivity index (χ0) is 18.0. The van der Waals surface area contributed by atoms with Crippen LogP contribution in [0.3, 0.4) is 0 Å². The van der Waals surface area contributed by atoms with E-state index in [9.17, 15) is 17.2 Å². The molecule has 8 heteroatoms. The minimum absolute atomic E-state index is 0.158. The lowest BCUT2D eigenvalue weighted by molar-refractivity contribution is 0.314. The Balaban J connectivity index is 1.71. The highest BCUT2D eigenvalue weighted by Crippen LogP contribution is 2.25. The molecule has 1 aromatic carbocycles. The summed E-state index contributed by atoms with van der Waals surface area (Å²) in [5.74, 6) is -0.970. The lowest BCUT2D eigenvalue weighted by Gasteiger charge is -2.36. The van der Waals surface area contributed by atoms with Gasteiger partial charge in [0.2, 0.25) is 10.0 Å². The molecule has 1 aliphatic rings. The van der Waals surface area contributed by atoms with Gasteiger partial charge in [-0.15, -0.1) is 0 Å². The van der Waals surface area contributed by atoms with E-state index >= 15 is 0 Å². The number of rotatable bonds is 4. The van der Waals surface area contributed by atoms with Crippen LogP contribution in [-0.2, 0) is 10.0 Å². The Morgan fingerprint density at radius 2 is 1.76 bits per heavy atom. The van der Waals surface area contributed by atoms with E-state index in [1.807, 2.05) is 30.1 Å². The maximum Gasteiger partial charge on any atom is 0.243 e. The molecule has 1 saturated heterocycles. The van der Waals surface area contributed by atoms with Crippen LogP contribution in [0.2, 0.25) is 0 Å². The van der Waals surface area contributed by atoms with Gasteiger partial charge >= 0.3 is 0 Å². The van der Waals surface area contributed by atoms with E-state index in [0.29, 0.717) is 32.0 Å². The van der Waals surface area contributed by atoms with Crippen molar-refractivity contribution in [2.45, 2.75) is 23.8 Å². The molecule has 0 atom stereocenters. The quantitative estimate of drug-likeness (QED) is 0.834. The van der Waals surface area contributed by atoms with Crippen molar-refractivity contribution in [3.8, 4) is 0 Å². The highest BCUT2D eigenvalue weighted by atomic mass is 32.2. The van der Waals surface area contributed by atoms with Crippen LogP contribution in [0.5, 0.6) is 0 Å². The van der Waals surface area contributed by atoms with Gasteiger partial charge in [-0.2, -0.15) is 4.31 Å². The van der Waals surface area contributed by atoms with Gasteiger partial charge < -0.3 is 4.90 Å². The van der Waals surface area contributed by atoms with Crippen molar-refractivity contribution in [1.29, 1.82) is 0 Å². The van der Waals surface area contributed by atoms with Gasteiger partial charge in [0.1, 0.15) is 17.5 Å². The number of nitrogens with zero attached hydrogens (tertiary/aromatic N) is 3. The van der Waals surface area contributed by atoms with Crippen LogP contribution in [0.25, 0.3) is 0 Å². The Hall–Kier alpha value is -2.06. The molecular weight excluding hydrogens is 348 g/mol. The molecule has 0 radical (unpaired) electrons. The average molecular weight is 367 g/mol. The van der Waals surface area contributed by atoms with Crippen LogP contribution in [0.15, 0.2) is 47.5 Å². The van der Waals surface area contributed by atoms with Gasteiger partial charge in [-0.1, -0.05) is 6.07 Å². The Kier molecular flexibility index (Phi) is 5.01. The van der Waals surface area contributed by atoms with Crippen molar-refractivity contribution in [1.82, 2.24) is 9.29 Å². The molecule has 2 heterocycles. The summed E-state index contributed by atoms with van der Waals surface area (Å²) in [6.45, 7) is 0.588. The molecule has 134 valence electrons. The molecule has 0 saturated carbocycles. The summed E-state index contributed by atoms with van der Waals surface area (Å²) in [7, 11) is -1.97. The van der Waals surface area contributed by atoms with Gasteiger partial charge in [0, 0.05) is 38.4 Å². The fraction of sp³-hybridized carbons (Fsp3) is 0.353. The fourth-order valence-corrected chi connectivity index (χ4v) is 4.56. The molecule has 0 bridgehead atoms. The second-order valence-corrected chi connectivity index (χ2v) is 7.98. The summed E-state index contributed by atoms with van der Waals surface area (Å²) in [6, 6.07) is 8.16. The van der Waals surface area contributed by atoms with Crippen LogP contribution in [0, 0.1) is 11.6 Å². The monoisotopic (exact) mass is 367 g/mol. The Labute approximate surface area is 146 Å². The number of hydrogen-bond acceptors (Lipinski definition) is 4. The molecule has 0 aliphatic carbocycles. The van der Waals surface area contributed by atoms with E-state index in [2.05, 4.69) is 4.98 Å². The summed E-state index contributed by atoms with van der Waals surface area (Å²) >= 11 is 0. The SMILES string of the molecule is CN(c1ccccn1)C1CCN(S(=O)(=O)c2cc(F)cc(F)c2)CC1. The van der Waals surface area contributed by atoms with E-state index < -0.39 is 21.7 Å². The lowest BCUT2D eigenvalue weighted by atomic mass is 10.1. The molecule has 0 amide bonds. The number of sulfonamides is 1. The minimum atomic E-state index is -3.90. The van der Waals surface area contributed by atoms with Crippen LogP contribution >= 0.6 is 0 Å². The summed E-state index contributed by atoms with van der Waals surface area (Å²) in [5, 5.41) is 0. The molecule has 0 spiro atoms. The maximum absolute atomic E-state index is 13.3. The van der Waals surface area contributed by atoms with Crippen LogP contribution < -0.4 is 4.90 Å². The summed E-state index contributed by atoms with van der Waals surface area (Å²) < 4.78 is 53.2. The minimum Gasteiger partial charge on any atom is -0.357 e. The maximum atomic E-state index is 13.3. The smallest absolute Gasteiger partial charge is 0.243 e. The molecule has 0 unspecified atom stereocenters. The second kappa shape index (κ2) is 7.05. The van der Waals surface area contributed by atoms with Crippen LogP contribution in [-0.4, -0.2) is 43.9 Å². The highest BCUT2D eigenvalue weighted by Gasteiger charge is 2.31. The summed E-state index contributed by atoms with van der Waals surface area (Å²) in [5.41, 5.74) is 0. The largest absolute Gasteiger partial charge is 0.357 e. The predicted molar refractivity (Wildman–Crippen MR) is 90.8 cm³/mol. The van der Waals surface area contributed by atoms with Crippen LogP contribution in [0.4, 0.5) is 14.6 Å². The van der Waals surface area contributed by atoms with Gasteiger partial charge in [0.15, 0.2) is 0 Å². The zero-order valence-corrected chi connectivity index (χ0v) is 14.6. The number of halogens is 2. The molecule has 2 aromatic rings. The molecule has 25 heavy (non-hydrogen) atoms. The van der Waals surface area contributed by atoms with E-state index in [4.69, 9.17) is 0 Å². The molecule has 1 aliphatic heterocycles. The summed E-state index contributed by atoms with van der Waals surface area (Å²) in [6.07, 6.45) is 2.94. The normalized spacial score (nSPS) is 16.8. The third-order valence-corrected chi connectivity index (χ3v) is 6.33. The van der Waals surface area contributed by atoms with Crippen molar-refractivity contribution in [2.24, 2.45) is 0 Å². The van der Waals surface area contributed by atoms with Crippen molar-refractivity contribution < 1.29 is 17.2 Å². The number of pyridine rings is 1. The van der Waals surface area contributed by atoms with Gasteiger partial charge in [-0.25, -0.2) is 22.2 Å². The van der Waals surface area contributed by atoms with Gasteiger partial charge in [-0.3, -0.25) is 0 Å². The average Bonchev–Trinajstić information content (AvgIpc) is 2.61. The molecule has 0 N–H and O–H groups in total. The number of hydrogen-bond donors (Lipinski definition) is 0. The Bertz CT molecular complexity index is 818. The first-order chi connectivity index (χ1) is 11.9. The molecular formula is C17H19F2N3O2S. The number of piperidine rings is 1. The van der Waals surface area contributed by atoms with Gasteiger partial charge in [-0.05, 0) is 37.1 Å². The van der Waals surface area contributed by atoms with E-state index in [1.54, 1.807) is 6.20 Å². The first-order valence-corrected chi connectivity index (χ1v) is 9.42. The fourth-order valence-electron chi connectivity index (χ4n) is 3.05. The Morgan fingerprint density at radius 3 is 2.32 bits per heavy atom. The van der Waals surface area contributed by atoms with Crippen molar-refractivity contribution >= 4 is 15.8 Å².